The Morgan fingerprint density at radius 2 is 1.76 bits per heavy atom. The summed E-state index contributed by atoms with van der Waals surface area (Å²) in [5.74, 6) is 0.496. The molecule has 1 aromatic carbocycles. The van der Waals surface area contributed by atoms with Crippen LogP contribution in [0.2, 0.25) is 0 Å². The minimum absolute atomic E-state index is 0.0404. The molecule has 9 heteroatoms. The van der Waals surface area contributed by atoms with Crippen LogP contribution in [0.3, 0.4) is 0 Å². The van der Waals surface area contributed by atoms with Crippen molar-refractivity contribution in [2.24, 2.45) is 5.92 Å². The number of amides is 1. The molecule has 0 aliphatic carbocycles. The van der Waals surface area contributed by atoms with Gasteiger partial charge in [-0.15, -0.1) is 0 Å². The number of piperidine rings is 1. The van der Waals surface area contributed by atoms with Gasteiger partial charge in [0.05, 0.1) is 24.4 Å². The summed E-state index contributed by atoms with van der Waals surface area (Å²) in [6.07, 6.45) is 7.47. The zero-order valence-electron chi connectivity index (χ0n) is 16.3. The van der Waals surface area contributed by atoms with E-state index in [-0.39, 0.29) is 10.8 Å². The molecule has 4 rings (SSSR count). The maximum Gasteiger partial charge on any atom is 0.253 e. The molecule has 2 saturated heterocycles. The van der Waals surface area contributed by atoms with Crippen LogP contribution in [0.15, 0.2) is 47.9 Å². The third-order valence-corrected chi connectivity index (χ3v) is 7.55. The summed E-state index contributed by atoms with van der Waals surface area (Å²) in [6.45, 7) is 3.89. The molecule has 156 valence electrons. The number of morpholine rings is 1. The first-order chi connectivity index (χ1) is 14.0. The Morgan fingerprint density at radius 3 is 2.38 bits per heavy atom. The van der Waals surface area contributed by atoms with Crippen molar-refractivity contribution in [3.63, 3.8) is 0 Å². The summed E-state index contributed by atoms with van der Waals surface area (Å²) in [7, 11) is -3.54. The van der Waals surface area contributed by atoms with Crippen molar-refractivity contribution in [2.75, 3.05) is 39.4 Å². The van der Waals surface area contributed by atoms with Gasteiger partial charge in [0.25, 0.3) is 5.91 Å². The van der Waals surface area contributed by atoms with Gasteiger partial charge < -0.3 is 14.2 Å². The van der Waals surface area contributed by atoms with E-state index in [1.165, 1.54) is 16.4 Å². The molecule has 0 saturated carbocycles. The van der Waals surface area contributed by atoms with Crippen molar-refractivity contribution in [3.8, 4) is 0 Å². The van der Waals surface area contributed by atoms with E-state index in [1.807, 2.05) is 17.4 Å². The largest absolute Gasteiger partial charge is 0.379 e. The second kappa shape index (κ2) is 8.64. The molecule has 1 aromatic heterocycles. The normalized spacial score (nSPS) is 19.4. The van der Waals surface area contributed by atoms with E-state index in [2.05, 4.69) is 9.55 Å². The highest BCUT2D eigenvalue weighted by atomic mass is 32.2. The molecule has 2 aromatic rings. The fourth-order valence-corrected chi connectivity index (χ4v) is 5.31. The van der Waals surface area contributed by atoms with Crippen molar-refractivity contribution in [1.29, 1.82) is 0 Å². The van der Waals surface area contributed by atoms with Crippen molar-refractivity contribution in [2.45, 2.75) is 24.3 Å². The van der Waals surface area contributed by atoms with Gasteiger partial charge >= 0.3 is 0 Å². The molecule has 0 bridgehead atoms. The van der Waals surface area contributed by atoms with Crippen LogP contribution in [0.25, 0.3) is 0 Å². The Kier molecular flexibility index (Phi) is 5.98. The van der Waals surface area contributed by atoms with Crippen molar-refractivity contribution in [1.82, 2.24) is 18.8 Å². The van der Waals surface area contributed by atoms with Crippen LogP contribution in [0.1, 0.15) is 23.2 Å². The number of benzene rings is 1. The first-order valence-corrected chi connectivity index (χ1v) is 11.4. The molecule has 2 fully saturated rings. The van der Waals surface area contributed by atoms with Gasteiger partial charge in [0.15, 0.2) is 0 Å². The molecule has 3 heterocycles. The number of sulfonamides is 1. The van der Waals surface area contributed by atoms with Crippen molar-refractivity contribution in [3.05, 3.63) is 48.5 Å². The minimum atomic E-state index is -3.54. The summed E-state index contributed by atoms with van der Waals surface area (Å²) >= 11 is 0. The molecule has 0 atom stereocenters. The summed E-state index contributed by atoms with van der Waals surface area (Å²) < 4.78 is 34.1. The quantitative estimate of drug-likeness (QED) is 0.734. The topological polar surface area (TPSA) is 84.7 Å². The Hall–Kier alpha value is -2.23. The van der Waals surface area contributed by atoms with Crippen LogP contribution >= 0.6 is 0 Å². The van der Waals surface area contributed by atoms with Crippen molar-refractivity contribution >= 4 is 15.9 Å². The molecule has 1 amide bonds. The lowest BCUT2D eigenvalue weighted by Crippen LogP contribution is -2.40. The summed E-state index contributed by atoms with van der Waals surface area (Å²) in [5, 5.41) is 0. The zero-order chi connectivity index (χ0) is 20.3. The second-order valence-electron chi connectivity index (χ2n) is 7.54. The van der Waals surface area contributed by atoms with E-state index in [4.69, 9.17) is 4.74 Å². The van der Waals surface area contributed by atoms with E-state index in [1.54, 1.807) is 18.3 Å². The first kappa shape index (κ1) is 20.1. The van der Waals surface area contributed by atoms with Crippen molar-refractivity contribution < 1.29 is 17.9 Å². The predicted molar refractivity (Wildman–Crippen MR) is 107 cm³/mol. The number of likely N-dealkylation sites (tertiary alicyclic amines) is 1. The number of imidazole rings is 1. The van der Waals surface area contributed by atoms with Gasteiger partial charge in [0.2, 0.25) is 10.0 Å². The monoisotopic (exact) mass is 418 g/mol. The lowest BCUT2D eigenvalue weighted by atomic mass is 9.96. The number of aromatic nitrogens is 2. The molecule has 29 heavy (non-hydrogen) atoms. The van der Waals surface area contributed by atoms with Crippen LogP contribution in [0.4, 0.5) is 0 Å². The highest BCUT2D eigenvalue weighted by molar-refractivity contribution is 7.89. The van der Waals surface area contributed by atoms with Crippen LogP contribution in [0.5, 0.6) is 0 Å². The molecular weight excluding hydrogens is 392 g/mol. The third kappa shape index (κ3) is 4.52. The second-order valence-corrected chi connectivity index (χ2v) is 9.47. The Balaban J connectivity index is 1.36. The number of hydrogen-bond acceptors (Lipinski definition) is 5. The smallest absolute Gasteiger partial charge is 0.253 e. The van der Waals surface area contributed by atoms with Crippen LogP contribution in [-0.2, 0) is 21.3 Å². The summed E-state index contributed by atoms with van der Waals surface area (Å²) in [4.78, 5) is 19.0. The molecule has 0 radical (unpaired) electrons. The number of carbonyl (C=O) groups is 1. The highest BCUT2D eigenvalue weighted by Gasteiger charge is 2.27. The van der Waals surface area contributed by atoms with E-state index in [9.17, 15) is 13.2 Å². The summed E-state index contributed by atoms with van der Waals surface area (Å²) in [5.41, 5.74) is 0.527. The number of rotatable bonds is 5. The SMILES string of the molecule is O=C(c1ccc(S(=O)(=O)N2CCOCC2)cc1)N1CCC(Cn2ccnc2)CC1. The fraction of sp³-hybridized carbons (Fsp3) is 0.500. The van der Waals surface area contributed by atoms with E-state index >= 15 is 0 Å². The Morgan fingerprint density at radius 1 is 1.07 bits per heavy atom. The van der Waals surface area contributed by atoms with E-state index < -0.39 is 10.0 Å². The third-order valence-electron chi connectivity index (χ3n) is 5.64. The maximum atomic E-state index is 12.8. The van der Waals surface area contributed by atoms with Crippen LogP contribution in [-0.4, -0.2) is 72.5 Å². The van der Waals surface area contributed by atoms with Gasteiger partial charge in [-0.1, -0.05) is 0 Å². The molecule has 2 aliphatic rings. The lowest BCUT2D eigenvalue weighted by Gasteiger charge is -2.32. The number of nitrogens with zero attached hydrogens (tertiary/aromatic N) is 4. The number of ether oxygens (including phenoxy) is 1. The highest BCUT2D eigenvalue weighted by Crippen LogP contribution is 2.22. The minimum Gasteiger partial charge on any atom is -0.379 e. The zero-order valence-corrected chi connectivity index (χ0v) is 17.1. The average molecular weight is 419 g/mol. The Labute approximate surface area is 171 Å². The van der Waals surface area contributed by atoms with Gasteiger partial charge in [-0.3, -0.25) is 4.79 Å². The molecule has 8 nitrogen and oxygen atoms in total. The van der Waals surface area contributed by atoms with Gasteiger partial charge in [0, 0.05) is 50.7 Å². The van der Waals surface area contributed by atoms with Crippen LogP contribution < -0.4 is 0 Å². The van der Waals surface area contributed by atoms with Gasteiger partial charge in [-0.25, -0.2) is 13.4 Å². The Bertz CT molecular complexity index is 914. The van der Waals surface area contributed by atoms with Gasteiger partial charge in [0.1, 0.15) is 0 Å². The molecule has 2 aliphatic heterocycles. The molecule has 0 spiro atoms. The number of hydrogen-bond donors (Lipinski definition) is 0. The van der Waals surface area contributed by atoms with E-state index in [0.717, 1.165) is 19.4 Å². The molecule has 0 unspecified atom stereocenters. The first-order valence-electron chi connectivity index (χ1n) is 9.97. The number of carbonyl (C=O) groups excluding carboxylic acids is 1. The van der Waals surface area contributed by atoms with Crippen LogP contribution in [0, 0.1) is 5.92 Å². The predicted octanol–water partition coefficient (Wildman–Crippen LogP) is 1.46. The standard InChI is InChI=1S/C20H26N4O4S/c25-20(23-8-5-17(6-9-23)15-22-10-7-21-16-22)18-1-3-19(4-2-18)29(26,27)24-11-13-28-14-12-24/h1-4,7,10,16-17H,5-6,8-9,11-15H2. The summed E-state index contributed by atoms with van der Waals surface area (Å²) in [6, 6.07) is 6.30. The average Bonchev–Trinajstić information content (AvgIpc) is 3.27. The molecular formula is C20H26N4O4S. The molecule has 0 N–H and O–H groups in total. The van der Waals surface area contributed by atoms with Gasteiger partial charge in [-0.2, -0.15) is 4.31 Å². The lowest BCUT2D eigenvalue weighted by molar-refractivity contribution is 0.0682. The fourth-order valence-electron chi connectivity index (χ4n) is 3.90. The maximum absolute atomic E-state index is 12.8. The van der Waals surface area contributed by atoms with Gasteiger partial charge in [-0.05, 0) is 43.0 Å². The van der Waals surface area contributed by atoms with E-state index in [0.29, 0.717) is 50.9 Å².